The van der Waals surface area contributed by atoms with Gasteiger partial charge >= 0.3 is 22.0 Å². The summed E-state index contributed by atoms with van der Waals surface area (Å²) in [4.78, 5) is 21.8. The monoisotopic (exact) mass is 302 g/mol. The van der Waals surface area contributed by atoms with Crippen LogP contribution in [0.3, 0.4) is 0 Å². The second kappa shape index (κ2) is 4.81. The Labute approximate surface area is 105 Å². The summed E-state index contributed by atoms with van der Waals surface area (Å²) in [5, 5.41) is 0. The average Bonchev–Trinajstić information content (AvgIpc) is 2.27. The van der Waals surface area contributed by atoms with E-state index in [4.69, 9.17) is 0 Å². The predicted molar refractivity (Wildman–Crippen MR) is 56.1 cm³/mol. The molecule has 0 unspecified atom stereocenters. The minimum Gasteiger partial charge on any atom is -0.302 e. The zero-order chi connectivity index (χ0) is 15.0. The van der Waals surface area contributed by atoms with E-state index < -0.39 is 39.0 Å². The van der Waals surface area contributed by atoms with Crippen molar-refractivity contribution in [3.8, 4) is 0 Å². The number of alkyl halides is 3. The van der Waals surface area contributed by atoms with Gasteiger partial charge in [-0.3, -0.25) is 13.5 Å². The summed E-state index contributed by atoms with van der Waals surface area (Å²) in [5.41, 5.74) is -2.08. The van der Waals surface area contributed by atoms with E-state index in [0.717, 1.165) is 18.7 Å². The lowest BCUT2D eigenvalue weighted by atomic mass is 10.6. The van der Waals surface area contributed by atoms with Crippen LogP contribution in [0.4, 0.5) is 13.2 Å². The van der Waals surface area contributed by atoms with E-state index in [0.29, 0.717) is 10.8 Å². The molecule has 0 fully saturated rings. The van der Waals surface area contributed by atoms with Crippen molar-refractivity contribution in [2.45, 2.75) is 11.1 Å². The number of aromatic nitrogens is 2. The highest BCUT2D eigenvalue weighted by atomic mass is 32.2. The van der Waals surface area contributed by atoms with Gasteiger partial charge in [0.2, 0.25) is 0 Å². The third-order valence-corrected chi connectivity index (χ3v) is 3.31. The van der Waals surface area contributed by atoms with Crippen LogP contribution in [0.15, 0.2) is 20.7 Å². The maximum atomic E-state index is 11.9. The summed E-state index contributed by atoms with van der Waals surface area (Å²) in [7, 11) is -2.76. The number of hydrogen-bond acceptors (Lipinski definition) is 5. The first-order valence-electron chi connectivity index (χ1n) is 4.68. The maximum Gasteiger partial charge on any atom is 0.413 e. The minimum atomic E-state index is -4.90. The fourth-order valence-corrected chi connectivity index (χ4v) is 2.21. The molecule has 0 bridgehead atoms. The number of nitrogens with zero attached hydrogens (tertiary/aromatic N) is 2. The zero-order valence-electron chi connectivity index (χ0n) is 9.76. The molecule has 108 valence electrons. The van der Waals surface area contributed by atoms with Crippen LogP contribution in [0.25, 0.3) is 0 Å². The molecule has 1 rings (SSSR count). The normalized spacial score (nSPS) is 12.7. The van der Waals surface area contributed by atoms with E-state index in [1.165, 1.54) is 0 Å². The molecule has 1 heterocycles. The van der Waals surface area contributed by atoms with Crippen molar-refractivity contribution >= 4 is 10.1 Å². The summed E-state index contributed by atoms with van der Waals surface area (Å²) in [6, 6.07) is 0. The van der Waals surface area contributed by atoms with Crippen LogP contribution in [-0.2, 0) is 28.4 Å². The smallest absolute Gasteiger partial charge is 0.302 e. The summed E-state index contributed by atoms with van der Waals surface area (Å²) in [5.74, 6) is 0. The number of hydrogen-bond donors (Lipinski definition) is 0. The Balaban J connectivity index is 3.32. The topological polar surface area (TPSA) is 87.4 Å². The second-order valence-electron chi connectivity index (χ2n) is 3.58. The van der Waals surface area contributed by atoms with Crippen LogP contribution in [0, 0.1) is 0 Å². The molecule has 11 heteroatoms. The van der Waals surface area contributed by atoms with Crippen LogP contribution >= 0.6 is 0 Å². The van der Waals surface area contributed by atoms with E-state index in [-0.39, 0.29) is 0 Å². The van der Waals surface area contributed by atoms with E-state index in [1.807, 2.05) is 0 Å². The van der Waals surface area contributed by atoms with Crippen molar-refractivity contribution in [1.29, 1.82) is 0 Å². The number of aryl methyl sites for hydroxylation is 1. The van der Waals surface area contributed by atoms with E-state index in [1.54, 1.807) is 0 Å². The lowest BCUT2D eigenvalue weighted by Crippen LogP contribution is -2.39. The average molecular weight is 302 g/mol. The summed E-state index contributed by atoms with van der Waals surface area (Å²) < 4.78 is 63.5. The van der Waals surface area contributed by atoms with Gasteiger partial charge in [0, 0.05) is 20.3 Å². The van der Waals surface area contributed by atoms with Gasteiger partial charge in [-0.1, -0.05) is 0 Å². The first kappa shape index (κ1) is 15.4. The van der Waals surface area contributed by atoms with Gasteiger partial charge in [-0.25, -0.2) is 4.79 Å². The highest BCUT2D eigenvalue weighted by Crippen LogP contribution is 2.17. The third-order valence-electron chi connectivity index (χ3n) is 2.06. The van der Waals surface area contributed by atoms with Crippen molar-refractivity contribution in [2.75, 3.05) is 6.61 Å². The van der Waals surface area contributed by atoms with Gasteiger partial charge < -0.3 is 4.57 Å². The van der Waals surface area contributed by atoms with Crippen LogP contribution in [-0.4, -0.2) is 30.3 Å². The first-order valence-corrected chi connectivity index (χ1v) is 6.09. The summed E-state index contributed by atoms with van der Waals surface area (Å²) >= 11 is 0. The molecule has 0 N–H and O–H groups in total. The SMILES string of the molecule is Cn1cc(S(=O)(=O)OCC(F)(F)F)c(=O)n(C)c1=O. The Kier molecular flexibility index (Phi) is 3.91. The zero-order valence-corrected chi connectivity index (χ0v) is 10.6. The lowest BCUT2D eigenvalue weighted by Gasteiger charge is -2.09. The maximum absolute atomic E-state index is 11.9. The Morgan fingerprint density at radius 1 is 1.26 bits per heavy atom. The van der Waals surface area contributed by atoms with Crippen LogP contribution < -0.4 is 11.2 Å². The van der Waals surface area contributed by atoms with Crippen molar-refractivity contribution in [3.05, 3.63) is 27.0 Å². The van der Waals surface area contributed by atoms with E-state index in [2.05, 4.69) is 4.18 Å². The van der Waals surface area contributed by atoms with Gasteiger partial charge in [-0.05, 0) is 0 Å². The molecular formula is C8H9F3N2O5S. The standard InChI is InChI=1S/C8H9F3N2O5S/c1-12-3-5(6(14)13(2)7(12)15)19(16,17)18-4-8(9,10)11/h3H,4H2,1-2H3. The Morgan fingerprint density at radius 3 is 2.26 bits per heavy atom. The fourth-order valence-electron chi connectivity index (χ4n) is 1.15. The predicted octanol–water partition coefficient (Wildman–Crippen LogP) is -0.648. The number of rotatable bonds is 3. The Morgan fingerprint density at radius 2 is 1.79 bits per heavy atom. The van der Waals surface area contributed by atoms with Gasteiger partial charge in [-0.2, -0.15) is 21.6 Å². The van der Waals surface area contributed by atoms with Crippen molar-refractivity contribution in [2.24, 2.45) is 14.1 Å². The van der Waals surface area contributed by atoms with E-state index >= 15 is 0 Å². The number of halogens is 3. The molecule has 0 saturated heterocycles. The quantitative estimate of drug-likeness (QED) is 0.693. The highest BCUT2D eigenvalue weighted by molar-refractivity contribution is 7.86. The molecule has 0 saturated carbocycles. The van der Waals surface area contributed by atoms with Gasteiger partial charge in [0.15, 0.2) is 11.5 Å². The molecule has 0 aliphatic rings. The molecule has 0 spiro atoms. The van der Waals surface area contributed by atoms with Crippen LogP contribution in [0.5, 0.6) is 0 Å². The lowest BCUT2D eigenvalue weighted by molar-refractivity contribution is -0.152. The van der Waals surface area contributed by atoms with Crippen molar-refractivity contribution < 1.29 is 25.8 Å². The Hall–Kier alpha value is -1.62. The molecule has 0 aliphatic carbocycles. The molecule has 1 aromatic rings. The molecular weight excluding hydrogens is 293 g/mol. The largest absolute Gasteiger partial charge is 0.413 e. The second-order valence-corrected chi connectivity index (χ2v) is 5.17. The highest BCUT2D eigenvalue weighted by Gasteiger charge is 2.33. The molecule has 1 aromatic heterocycles. The van der Waals surface area contributed by atoms with Crippen LogP contribution in [0.1, 0.15) is 0 Å². The molecule has 19 heavy (non-hydrogen) atoms. The van der Waals surface area contributed by atoms with Gasteiger partial charge in [0.1, 0.15) is 0 Å². The van der Waals surface area contributed by atoms with Gasteiger partial charge in [-0.15, -0.1) is 0 Å². The molecule has 0 radical (unpaired) electrons. The fraction of sp³-hybridized carbons (Fsp3) is 0.500. The first-order chi connectivity index (χ1) is 8.46. The van der Waals surface area contributed by atoms with Crippen molar-refractivity contribution in [3.63, 3.8) is 0 Å². The summed E-state index contributed by atoms with van der Waals surface area (Å²) in [6.45, 7) is -2.05. The van der Waals surface area contributed by atoms with Gasteiger partial charge in [0.05, 0.1) is 0 Å². The molecule has 7 nitrogen and oxygen atoms in total. The Bertz CT molecular complexity index is 701. The molecule has 0 amide bonds. The van der Waals surface area contributed by atoms with Crippen LogP contribution in [0.2, 0.25) is 0 Å². The molecule has 0 aromatic carbocycles. The molecule has 0 aliphatic heterocycles. The minimum absolute atomic E-state index is 0.448. The third kappa shape index (κ3) is 3.44. The van der Waals surface area contributed by atoms with E-state index in [9.17, 15) is 31.2 Å². The molecule has 0 atom stereocenters. The summed E-state index contributed by atoms with van der Waals surface area (Å²) in [6.07, 6.45) is -4.25. The van der Waals surface area contributed by atoms with Gasteiger partial charge in [0.25, 0.3) is 5.56 Å². The van der Waals surface area contributed by atoms with Crippen molar-refractivity contribution in [1.82, 2.24) is 9.13 Å².